The second kappa shape index (κ2) is 4.44. The van der Waals surface area contributed by atoms with Gasteiger partial charge in [0.05, 0.1) is 6.10 Å². The fourth-order valence-electron chi connectivity index (χ4n) is 1.66. The molecule has 1 saturated heterocycles. The van der Waals surface area contributed by atoms with Gasteiger partial charge in [0.2, 0.25) is 0 Å². The van der Waals surface area contributed by atoms with E-state index in [4.69, 9.17) is 9.84 Å². The minimum atomic E-state index is -1.60. The molecule has 0 aliphatic carbocycles. The normalized spacial score (nSPS) is 41.9. The van der Waals surface area contributed by atoms with E-state index in [0.29, 0.717) is 0 Å². The molecule has 0 aromatic rings. The quantitative estimate of drug-likeness (QED) is 0.455. The van der Waals surface area contributed by atoms with Crippen LogP contribution in [0.25, 0.3) is 0 Å². The molecule has 0 radical (unpaired) electrons. The SMILES string of the molecule is CC(C)[C@H]1O[C@H](C(=O)O)[C@@H](O)[C@H](O)[C@H]1O. The van der Waals surface area contributed by atoms with Crippen LogP contribution >= 0.6 is 0 Å². The first-order valence-electron chi connectivity index (χ1n) is 4.78. The van der Waals surface area contributed by atoms with Crippen LogP contribution < -0.4 is 0 Å². The second-order valence-corrected chi connectivity index (χ2v) is 4.08. The maximum Gasteiger partial charge on any atom is 0.335 e. The van der Waals surface area contributed by atoms with Gasteiger partial charge in [0.1, 0.15) is 18.3 Å². The van der Waals surface area contributed by atoms with Crippen molar-refractivity contribution in [3.63, 3.8) is 0 Å². The van der Waals surface area contributed by atoms with E-state index in [-0.39, 0.29) is 5.92 Å². The molecule has 6 nitrogen and oxygen atoms in total. The summed E-state index contributed by atoms with van der Waals surface area (Å²) in [5, 5.41) is 37.1. The summed E-state index contributed by atoms with van der Waals surface area (Å²) in [6.07, 6.45) is -6.64. The van der Waals surface area contributed by atoms with Gasteiger partial charge in [0.15, 0.2) is 6.10 Å². The number of aliphatic hydroxyl groups is 3. The Morgan fingerprint density at radius 2 is 1.67 bits per heavy atom. The average molecular weight is 220 g/mol. The van der Waals surface area contributed by atoms with Crippen molar-refractivity contribution in [3.8, 4) is 0 Å². The molecular formula is C9H16O6. The number of aliphatic hydroxyl groups excluding tert-OH is 3. The molecule has 4 N–H and O–H groups in total. The summed E-state index contributed by atoms with van der Waals surface area (Å²) in [6.45, 7) is 3.47. The van der Waals surface area contributed by atoms with Gasteiger partial charge in [0, 0.05) is 0 Å². The van der Waals surface area contributed by atoms with Crippen LogP contribution in [-0.2, 0) is 9.53 Å². The van der Waals surface area contributed by atoms with Crippen molar-refractivity contribution in [1.29, 1.82) is 0 Å². The Morgan fingerprint density at radius 3 is 2.07 bits per heavy atom. The highest BCUT2D eigenvalue weighted by atomic mass is 16.6. The largest absolute Gasteiger partial charge is 0.479 e. The van der Waals surface area contributed by atoms with E-state index in [2.05, 4.69) is 0 Å². The lowest BCUT2D eigenvalue weighted by molar-refractivity contribution is -0.235. The molecule has 1 aliphatic rings. The van der Waals surface area contributed by atoms with E-state index in [9.17, 15) is 20.1 Å². The molecule has 0 saturated carbocycles. The lowest BCUT2D eigenvalue weighted by Crippen LogP contribution is -2.60. The second-order valence-electron chi connectivity index (χ2n) is 4.08. The Kier molecular flexibility index (Phi) is 3.67. The van der Waals surface area contributed by atoms with Gasteiger partial charge >= 0.3 is 5.97 Å². The predicted molar refractivity (Wildman–Crippen MR) is 49.2 cm³/mol. The molecular weight excluding hydrogens is 204 g/mol. The Balaban J connectivity index is 2.85. The fraction of sp³-hybridized carbons (Fsp3) is 0.889. The number of carboxylic acids is 1. The summed E-state index contributed by atoms with van der Waals surface area (Å²) in [5.41, 5.74) is 0. The molecule has 5 atom stereocenters. The summed E-state index contributed by atoms with van der Waals surface area (Å²) in [7, 11) is 0. The van der Waals surface area contributed by atoms with Crippen LogP contribution in [0.4, 0.5) is 0 Å². The van der Waals surface area contributed by atoms with Crippen molar-refractivity contribution in [3.05, 3.63) is 0 Å². The topological polar surface area (TPSA) is 107 Å². The van der Waals surface area contributed by atoms with Crippen LogP contribution in [0, 0.1) is 5.92 Å². The van der Waals surface area contributed by atoms with Crippen LogP contribution in [0.2, 0.25) is 0 Å². The van der Waals surface area contributed by atoms with E-state index < -0.39 is 36.5 Å². The average Bonchev–Trinajstić information content (AvgIpc) is 2.13. The van der Waals surface area contributed by atoms with Crippen molar-refractivity contribution in [1.82, 2.24) is 0 Å². The third-order valence-electron chi connectivity index (χ3n) is 2.55. The van der Waals surface area contributed by atoms with Crippen LogP contribution in [0.5, 0.6) is 0 Å². The van der Waals surface area contributed by atoms with Crippen molar-refractivity contribution in [2.24, 2.45) is 5.92 Å². The lowest BCUT2D eigenvalue weighted by atomic mass is 9.89. The zero-order chi connectivity index (χ0) is 11.7. The number of ether oxygens (including phenoxy) is 1. The predicted octanol–water partition coefficient (Wildman–Crippen LogP) is -1.42. The first-order valence-corrected chi connectivity index (χ1v) is 4.78. The Bertz CT molecular complexity index is 241. The zero-order valence-corrected chi connectivity index (χ0v) is 8.57. The molecule has 0 spiro atoms. The maximum atomic E-state index is 10.7. The molecule has 0 amide bonds. The number of hydrogen-bond acceptors (Lipinski definition) is 5. The third kappa shape index (κ3) is 2.28. The van der Waals surface area contributed by atoms with Crippen molar-refractivity contribution < 1.29 is 30.0 Å². The summed E-state index contributed by atoms with van der Waals surface area (Å²) >= 11 is 0. The molecule has 1 fully saturated rings. The molecule has 0 bridgehead atoms. The molecule has 0 aromatic carbocycles. The Hall–Kier alpha value is -0.690. The van der Waals surface area contributed by atoms with Gasteiger partial charge in [-0.2, -0.15) is 0 Å². The third-order valence-corrected chi connectivity index (χ3v) is 2.55. The summed E-state index contributed by atoms with van der Waals surface area (Å²) in [5.74, 6) is -1.50. The lowest BCUT2D eigenvalue weighted by Gasteiger charge is -2.40. The van der Waals surface area contributed by atoms with Crippen LogP contribution in [0.3, 0.4) is 0 Å². The molecule has 88 valence electrons. The number of hydrogen-bond donors (Lipinski definition) is 4. The van der Waals surface area contributed by atoms with Gasteiger partial charge in [-0.15, -0.1) is 0 Å². The fourth-order valence-corrected chi connectivity index (χ4v) is 1.66. The molecule has 6 heteroatoms. The first kappa shape index (κ1) is 12.4. The van der Waals surface area contributed by atoms with E-state index in [1.165, 1.54) is 0 Å². The van der Waals surface area contributed by atoms with Crippen molar-refractivity contribution in [2.45, 2.75) is 44.4 Å². The minimum absolute atomic E-state index is 0.149. The maximum absolute atomic E-state index is 10.7. The molecule has 15 heavy (non-hydrogen) atoms. The zero-order valence-electron chi connectivity index (χ0n) is 8.57. The highest BCUT2D eigenvalue weighted by Crippen LogP contribution is 2.25. The van der Waals surface area contributed by atoms with E-state index in [1.54, 1.807) is 13.8 Å². The Labute approximate surface area is 87.1 Å². The van der Waals surface area contributed by atoms with Gasteiger partial charge in [-0.3, -0.25) is 0 Å². The van der Waals surface area contributed by atoms with Crippen molar-refractivity contribution in [2.75, 3.05) is 0 Å². The first-order chi connectivity index (χ1) is 6.86. The molecule has 0 aromatic heterocycles. The number of aliphatic carboxylic acids is 1. The Morgan fingerprint density at radius 1 is 1.13 bits per heavy atom. The van der Waals surface area contributed by atoms with Crippen LogP contribution in [-0.4, -0.2) is 56.9 Å². The van der Waals surface area contributed by atoms with Crippen LogP contribution in [0.15, 0.2) is 0 Å². The van der Waals surface area contributed by atoms with Gasteiger partial charge in [-0.05, 0) is 5.92 Å². The van der Waals surface area contributed by atoms with E-state index >= 15 is 0 Å². The molecule has 1 aliphatic heterocycles. The van der Waals surface area contributed by atoms with Gasteiger partial charge < -0.3 is 25.2 Å². The van der Waals surface area contributed by atoms with Crippen molar-refractivity contribution >= 4 is 5.97 Å². The molecule has 0 unspecified atom stereocenters. The summed E-state index contributed by atoms with van der Waals surface area (Å²) < 4.78 is 5.04. The van der Waals surface area contributed by atoms with E-state index in [0.717, 1.165) is 0 Å². The van der Waals surface area contributed by atoms with Crippen LogP contribution in [0.1, 0.15) is 13.8 Å². The van der Waals surface area contributed by atoms with Gasteiger partial charge in [-0.25, -0.2) is 4.79 Å². The van der Waals surface area contributed by atoms with Gasteiger partial charge in [0.25, 0.3) is 0 Å². The standard InChI is InChI=1S/C9H16O6/c1-3(2)7-5(11)4(10)6(12)8(15-7)9(13)14/h3-8,10-12H,1-2H3,(H,13,14)/t4-,5-,6+,7-,8+/m1/s1. The number of carboxylic acid groups (broad SMARTS) is 1. The minimum Gasteiger partial charge on any atom is -0.479 e. The molecule has 1 heterocycles. The summed E-state index contributed by atoms with van der Waals surface area (Å²) in [6, 6.07) is 0. The summed E-state index contributed by atoms with van der Waals surface area (Å²) in [4.78, 5) is 10.7. The molecule has 1 rings (SSSR count). The number of rotatable bonds is 2. The van der Waals surface area contributed by atoms with Gasteiger partial charge in [-0.1, -0.05) is 13.8 Å². The monoisotopic (exact) mass is 220 g/mol. The highest BCUT2D eigenvalue weighted by Gasteiger charge is 2.47. The highest BCUT2D eigenvalue weighted by molar-refractivity contribution is 5.73. The van der Waals surface area contributed by atoms with E-state index in [1.807, 2.05) is 0 Å². The number of carbonyl (C=O) groups is 1. The smallest absolute Gasteiger partial charge is 0.335 e.